The number of hydrogen-bond donors (Lipinski definition) is 1. The molecule has 0 radical (unpaired) electrons. The Bertz CT molecular complexity index is 1110. The molecule has 0 saturated carbocycles. The minimum Gasteiger partial charge on any atom is -0.319 e. The summed E-state index contributed by atoms with van der Waals surface area (Å²) in [6.07, 6.45) is 3.38. The first-order valence-electron chi connectivity index (χ1n) is 8.94. The first kappa shape index (κ1) is 18.8. The van der Waals surface area contributed by atoms with Crippen LogP contribution in [0.2, 0.25) is 5.02 Å². The normalized spacial score (nSPS) is 13.9. The third kappa shape index (κ3) is 4.02. The average molecular weight is 409 g/mol. The number of amides is 2. The van der Waals surface area contributed by atoms with Crippen molar-refractivity contribution in [3.05, 3.63) is 65.7 Å². The minimum atomic E-state index is -0.404. The molecule has 0 aliphatic carbocycles. The van der Waals surface area contributed by atoms with Gasteiger partial charge in [0.1, 0.15) is 18.4 Å². The summed E-state index contributed by atoms with van der Waals surface area (Å²) in [7, 11) is 0. The molecule has 8 nitrogen and oxygen atoms in total. The van der Waals surface area contributed by atoms with Crippen LogP contribution in [0.4, 0.5) is 11.4 Å². The van der Waals surface area contributed by atoms with Crippen LogP contribution >= 0.6 is 11.6 Å². The number of benzene rings is 2. The molecular weight excluding hydrogens is 392 g/mol. The number of aryl methyl sites for hydroxylation is 1. The van der Waals surface area contributed by atoms with Crippen molar-refractivity contribution in [2.75, 3.05) is 10.3 Å². The topological polar surface area (TPSA) is 92.5 Å². The smallest absolute Gasteiger partial charge is 0.271 e. The Kier molecular flexibility index (Phi) is 5.09. The molecule has 0 atom stereocenters. The van der Waals surface area contributed by atoms with Gasteiger partial charge < -0.3 is 5.32 Å². The molecule has 2 aromatic carbocycles. The fourth-order valence-electron chi connectivity index (χ4n) is 3.01. The summed E-state index contributed by atoms with van der Waals surface area (Å²) in [6.45, 7) is 1.93. The van der Waals surface area contributed by atoms with Gasteiger partial charge in [0.05, 0.1) is 17.1 Å². The number of carbonyl (C=O) groups excluding carboxylic acids is 2. The number of anilines is 2. The minimum absolute atomic E-state index is 0.154. The van der Waals surface area contributed by atoms with Crippen LogP contribution in [0.15, 0.2) is 60.2 Å². The van der Waals surface area contributed by atoms with Crippen molar-refractivity contribution in [3.63, 3.8) is 0 Å². The molecular formula is C20H17ClN6O2. The van der Waals surface area contributed by atoms with Crippen molar-refractivity contribution >= 4 is 40.5 Å². The molecule has 1 aromatic heterocycles. The standard InChI is InChI=1S/C20H17ClN6O2/c1-13-3-2-4-15(9-13)27-19(28)8-6-16(25-27)20(29)24-17-10-14(21)5-7-18(17)26-12-22-11-23-26/h2-5,7,9-12H,6,8H2,1H3,(H,24,29). The van der Waals surface area contributed by atoms with Crippen LogP contribution in [-0.4, -0.2) is 32.3 Å². The van der Waals surface area contributed by atoms with Crippen LogP contribution in [0.5, 0.6) is 0 Å². The molecule has 146 valence electrons. The molecule has 3 aromatic rings. The van der Waals surface area contributed by atoms with Crippen LogP contribution in [0.1, 0.15) is 18.4 Å². The molecule has 0 saturated heterocycles. The van der Waals surface area contributed by atoms with Gasteiger partial charge in [0.15, 0.2) is 0 Å². The Balaban J connectivity index is 1.63. The molecule has 0 bridgehead atoms. The number of rotatable bonds is 4. The Morgan fingerprint density at radius 1 is 1.17 bits per heavy atom. The maximum absolute atomic E-state index is 12.9. The zero-order chi connectivity index (χ0) is 20.4. The third-order valence-corrected chi connectivity index (χ3v) is 4.65. The first-order valence-corrected chi connectivity index (χ1v) is 9.32. The Hall–Kier alpha value is -3.52. The number of nitrogens with one attached hydrogen (secondary N) is 1. The monoisotopic (exact) mass is 408 g/mol. The molecule has 0 fully saturated rings. The second kappa shape index (κ2) is 7.84. The highest BCUT2D eigenvalue weighted by Gasteiger charge is 2.26. The average Bonchev–Trinajstić information content (AvgIpc) is 3.23. The van der Waals surface area contributed by atoms with Gasteiger partial charge >= 0.3 is 0 Å². The van der Waals surface area contributed by atoms with E-state index in [1.807, 2.05) is 25.1 Å². The van der Waals surface area contributed by atoms with Gasteiger partial charge in [-0.25, -0.2) is 14.7 Å². The summed E-state index contributed by atoms with van der Waals surface area (Å²) in [5.74, 6) is -0.558. The van der Waals surface area contributed by atoms with E-state index in [2.05, 4.69) is 20.5 Å². The predicted molar refractivity (Wildman–Crippen MR) is 110 cm³/mol. The molecule has 0 spiro atoms. The molecule has 1 aliphatic rings. The van der Waals surface area contributed by atoms with Crippen LogP contribution in [0, 0.1) is 6.92 Å². The van der Waals surface area contributed by atoms with E-state index in [4.69, 9.17) is 11.6 Å². The van der Waals surface area contributed by atoms with E-state index >= 15 is 0 Å². The summed E-state index contributed by atoms with van der Waals surface area (Å²) >= 11 is 6.10. The summed E-state index contributed by atoms with van der Waals surface area (Å²) in [4.78, 5) is 29.1. The van der Waals surface area contributed by atoms with Crippen molar-refractivity contribution in [2.45, 2.75) is 19.8 Å². The molecule has 9 heteroatoms. The Morgan fingerprint density at radius 2 is 2.03 bits per heavy atom. The van der Waals surface area contributed by atoms with E-state index in [-0.39, 0.29) is 24.5 Å². The molecule has 2 heterocycles. The first-order chi connectivity index (χ1) is 14.0. The number of halogens is 1. The molecule has 29 heavy (non-hydrogen) atoms. The van der Waals surface area contributed by atoms with Gasteiger partial charge in [-0.1, -0.05) is 23.7 Å². The van der Waals surface area contributed by atoms with Gasteiger partial charge in [-0.15, -0.1) is 0 Å². The summed E-state index contributed by atoms with van der Waals surface area (Å²) < 4.78 is 1.52. The fourth-order valence-corrected chi connectivity index (χ4v) is 3.19. The van der Waals surface area contributed by atoms with Crippen molar-refractivity contribution in [2.24, 2.45) is 5.10 Å². The second-order valence-corrected chi connectivity index (χ2v) is 6.98. The van der Waals surface area contributed by atoms with Crippen LogP contribution in [0.25, 0.3) is 5.69 Å². The van der Waals surface area contributed by atoms with E-state index in [9.17, 15) is 9.59 Å². The fraction of sp³-hybridized carbons (Fsp3) is 0.150. The van der Waals surface area contributed by atoms with Crippen molar-refractivity contribution in [1.82, 2.24) is 14.8 Å². The summed E-state index contributed by atoms with van der Waals surface area (Å²) in [6, 6.07) is 12.5. The number of carbonyl (C=O) groups is 2. The number of nitrogens with zero attached hydrogens (tertiary/aromatic N) is 5. The Labute approximate surface area is 171 Å². The van der Waals surface area contributed by atoms with E-state index in [0.717, 1.165) is 5.56 Å². The van der Waals surface area contributed by atoms with E-state index in [0.29, 0.717) is 22.1 Å². The lowest BCUT2D eigenvalue weighted by Gasteiger charge is -2.23. The SMILES string of the molecule is Cc1cccc(N2N=C(C(=O)Nc3cc(Cl)ccc3-n3cncn3)CCC2=O)c1. The molecule has 4 rings (SSSR count). The predicted octanol–water partition coefficient (Wildman–Crippen LogP) is 3.35. The third-order valence-electron chi connectivity index (χ3n) is 4.41. The van der Waals surface area contributed by atoms with Crippen molar-refractivity contribution < 1.29 is 9.59 Å². The number of hydrazone groups is 1. The highest BCUT2D eigenvalue weighted by molar-refractivity contribution is 6.44. The van der Waals surface area contributed by atoms with E-state index in [1.165, 1.54) is 22.3 Å². The summed E-state index contributed by atoms with van der Waals surface area (Å²) in [5, 5.41) is 13.0. The van der Waals surface area contributed by atoms with Crippen LogP contribution in [-0.2, 0) is 9.59 Å². The van der Waals surface area contributed by atoms with Crippen LogP contribution in [0.3, 0.4) is 0 Å². The quantitative estimate of drug-likeness (QED) is 0.716. The van der Waals surface area contributed by atoms with Gasteiger partial charge in [0, 0.05) is 17.9 Å². The van der Waals surface area contributed by atoms with Gasteiger partial charge in [-0.3, -0.25) is 9.59 Å². The van der Waals surface area contributed by atoms with Gasteiger partial charge in [0.2, 0.25) is 5.91 Å². The lowest BCUT2D eigenvalue weighted by atomic mass is 10.1. The molecule has 1 aliphatic heterocycles. The molecule has 2 amide bonds. The van der Waals surface area contributed by atoms with Gasteiger partial charge in [-0.05, 0) is 42.8 Å². The number of aromatic nitrogens is 3. The zero-order valence-electron chi connectivity index (χ0n) is 15.5. The number of hydrogen-bond acceptors (Lipinski definition) is 5. The van der Waals surface area contributed by atoms with Crippen molar-refractivity contribution in [1.29, 1.82) is 0 Å². The highest BCUT2D eigenvalue weighted by atomic mass is 35.5. The van der Waals surface area contributed by atoms with E-state index < -0.39 is 5.91 Å². The van der Waals surface area contributed by atoms with Crippen LogP contribution < -0.4 is 10.3 Å². The maximum Gasteiger partial charge on any atom is 0.271 e. The zero-order valence-corrected chi connectivity index (χ0v) is 16.3. The second-order valence-electron chi connectivity index (χ2n) is 6.55. The Morgan fingerprint density at radius 3 is 2.79 bits per heavy atom. The summed E-state index contributed by atoms with van der Waals surface area (Å²) in [5.41, 5.74) is 2.97. The van der Waals surface area contributed by atoms with Gasteiger partial charge in [0.25, 0.3) is 5.91 Å². The highest BCUT2D eigenvalue weighted by Crippen LogP contribution is 2.25. The molecule has 0 unspecified atom stereocenters. The lowest BCUT2D eigenvalue weighted by molar-refractivity contribution is -0.118. The largest absolute Gasteiger partial charge is 0.319 e. The van der Waals surface area contributed by atoms with Crippen molar-refractivity contribution in [3.8, 4) is 5.69 Å². The lowest BCUT2D eigenvalue weighted by Crippen LogP contribution is -2.36. The maximum atomic E-state index is 12.9. The van der Waals surface area contributed by atoms with Gasteiger partial charge in [-0.2, -0.15) is 10.2 Å². The molecule has 1 N–H and O–H groups in total. The van der Waals surface area contributed by atoms with E-state index in [1.54, 1.807) is 24.3 Å².